The van der Waals surface area contributed by atoms with E-state index in [2.05, 4.69) is 25.7 Å². The maximum absolute atomic E-state index is 12.4. The molecule has 148 valence electrons. The van der Waals surface area contributed by atoms with Gasteiger partial charge in [-0.25, -0.2) is 4.99 Å². The summed E-state index contributed by atoms with van der Waals surface area (Å²) in [5.41, 5.74) is 0.207. The topological polar surface area (TPSA) is 74.8 Å². The Labute approximate surface area is 170 Å². The van der Waals surface area contributed by atoms with E-state index in [0.717, 1.165) is 0 Å². The van der Waals surface area contributed by atoms with Crippen LogP contribution >= 0.6 is 24.0 Å². The van der Waals surface area contributed by atoms with Crippen molar-refractivity contribution < 1.29 is 18.3 Å². The fourth-order valence-electron chi connectivity index (χ4n) is 1.98. The number of nitrogens with one attached hydrogen (secondary N) is 3. The number of carbonyl (C=O) groups is 1. The van der Waals surface area contributed by atoms with Gasteiger partial charge in [-0.2, -0.15) is 8.78 Å². The number of benzene rings is 1. The number of amides is 1. The molecule has 9 heteroatoms. The van der Waals surface area contributed by atoms with Crippen LogP contribution in [0.3, 0.4) is 0 Å². The summed E-state index contributed by atoms with van der Waals surface area (Å²) in [5, 5.41) is 8.75. The molecule has 0 heterocycles. The number of guanidine groups is 1. The predicted octanol–water partition coefficient (Wildman–Crippen LogP) is 2.88. The van der Waals surface area contributed by atoms with Gasteiger partial charge < -0.3 is 20.7 Å². The molecular formula is C17H27F2IN4O2. The lowest BCUT2D eigenvalue weighted by Crippen LogP contribution is -2.48. The van der Waals surface area contributed by atoms with Crippen molar-refractivity contribution in [2.24, 2.45) is 4.99 Å². The van der Waals surface area contributed by atoms with E-state index < -0.39 is 6.61 Å². The second-order valence-electron chi connectivity index (χ2n) is 6.33. The molecule has 0 aliphatic rings. The fraction of sp³-hybridized carbons (Fsp3) is 0.529. The Bertz CT molecular complexity index is 592. The summed E-state index contributed by atoms with van der Waals surface area (Å²) in [7, 11) is 0. The highest BCUT2D eigenvalue weighted by Gasteiger charge is 2.14. The van der Waals surface area contributed by atoms with Gasteiger partial charge in [0, 0.05) is 17.6 Å². The number of carbonyl (C=O) groups excluding carboxylic acids is 1. The summed E-state index contributed by atoms with van der Waals surface area (Å²) >= 11 is 0. The van der Waals surface area contributed by atoms with E-state index in [1.807, 2.05) is 27.7 Å². The fourth-order valence-corrected chi connectivity index (χ4v) is 1.98. The van der Waals surface area contributed by atoms with Crippen LogP contribution < -0.4 is 20.7 Å². The second-order valence-corrected chi connectivity index (χ2v) is 6.33. The highest BCUT2D eigenvalue weighted by molar-refractivity contribution is 14.0. The molecule has 1 amide bonds. The van der Waals surface area contributed by atoms with Gasteiger partial charge in [-0.1, -0.05) is 18.2 Å². The Morgan fingerprint density at radius 2 is 1.88 bits per heavy atom. The molecule has 1 aromatic carbocycles. The molecule has 0 radical (unpaired) electrons. The Balaban J connectivity index is 0.00000625. The third-order valence-corrected chi connectivity index (χ3v) is 2.87. The first kappa shape index (κ1) is 24.4. The minimum Gasteiger partial charge on any atom is -0.434 e. The Kier molecular flexibility index (Phi) is 11.1. The van der Waals surface area contributed by atoms with Gasteiger partial charge in [0.2, 0.25) is 5.91 Å². The largest absolute Gasteiger partial charge is 0.434 e. The standard InChI is InChI=1S/C17H26F2N4O2.HI/c1-5-20-16(22-11-14(24)23-17(2,3)4)21-10-12-8-6-7-9-13(12)25-15(18)19;/h6-9,15H,5,10-11H2,1-4H3,(H,23,24)(H2,20,21,22);1H. The van der Waals surface area contributed by atoms with Crippen molar-refractivity contribution in [1.29, 1.82) is 0 Å². The first-order chi connectivity index (χ1) is 11.7. The number of aliphatic imine (C=N–C) groups is 1. The molecule has 0 saturated carbocycles. The first-order valence-corrected chi connectivity index (χ1v) is 8.07. The van der Waals surface area contributed by atoms with Crippen LogP contribution in [0, 0.1) is 0 Å². The van der Waals surface area contributed by atoms with Crippen LogP contribution in [0.2, 0.25) is 0 Å². The minimum atomic E-state index is -2.89. The van der Waals surface area contributed by atoms with Gasteiger partial charge in [-0.3, -0.25) is 4.79 Å². The summed E-state index contributed by atoms with van der Waals surface area (Å²) in [6.07, 6.45) is 0. The quantitative estimate of drug-likeness (QED) is 0.316. The molecule has 0 atom stereocenters. The monoisotopic (exact) mass is 484 g/mol. The number of para-hydroxylation sites is 1. The average molecular weight is 484 g/mol. The number of hydrogen-bond acceptors (Lipinski definition) is 3. The molecular weight excluding hydrogens is 457 g/mol. The number of nitrogens with zero attached hydrogens (tertiary/aromatic N) is 1. The van der Waals surface area contributed by atoms with Gasteiger partial charge in [-0.05, 0) is 33.8 Å². The van der Waals surface area contributed by atoms with Crippen LogP contribution in [-0.2, 0) is 11.3 Å². The van der Waals surface area contributed by atoms with E-state index in [4.69, 9.17) is 0 Å². The lowest BCUT2D eigenvalue weighted by molar-refractivity contribution is -0.121. The van der Waals surface area contributed by atoms with Gasteiger partial charge in [0.25, 0.3) is 0 Å². The van der Waals surface area contributed by atoms with Crippen LogP contribution in [0.25, 0.3) is 0 Å². The van der Waals surface area contributed by atoms with Crippen LogP contribution in [0.1, 0.15) is 33.3 Å². The summed E-state index contributed by atoms with van der Waals surface area (Å²) in [5.74, 6) is 0.334. The molecule has 0 bridgehead atoms. The molecule has 6 nitrogen and oxygen atoms in total. The third-order valence-electron chi connectivity index (χ3n) is 2.87. The summed E-state index contributed by atoms with van der Waals surface area (Å²) in [6, 6.07) is 6.47. The summed E-state index contributed by atoms with van der Waals surface area (Å²) in [4.78, 5) is 16.2. The van der Waals surface area contributed by atoms with Crippen molar-refractivity contribution in [1.82, 2.24) is 16.0 Å². The zero-order valence-electron chi connectivity index (χ0n) is 15.4. The molecule has 0 fully saturated rings. The van der Waals surface area contributed by atoms with E-state index >= 15 is 0 Å². The van der Waals surface area contributed by atoms with E-state index in [1.165, 1.54) is 6.07 Å². The Morgan fingerprint density at radius 1 is 1.23 bits per heavy atom. The summed E-state index contributed by atoms with van der Waals surface area (Å²) < 4.78 is 29.4. The maximum Gasteiger partial charge on any atom is 0.387 e. The van der Waals surface area contributed by atoms with Crippen molar-refractivity contribution in [3.05, 3.63) is 29.8 Å². The minimum absolute atomic E-state index is 0. The molecule has 26 heavy (non-hydrogen) atoms. The first-order valence-electron chi connectivity index (χ1n) is 8.07. The normalized spacial score (nSPS) is 11.6. The number of alkyl halides is 2. The van der Waals surface area contributed by atoms with Crippen LogP contribution in [0.15, 0.2) is 29.3 Å². The number of ether oxygens (including phenoxy) is 1. The highest BCUT2D eigenvalue weighted by atomic mass is 127. The number of rotatable bonds is 7. The van der Waals surface area contributed by atoms with Gasteiger partial charge >= 0.3 is 6.61 Å². The van der Waals surface area contributed by atoms with E-state index in [-0.39, 0.29) is 54.3 Å². The maximum atomic E-state index is 12.4. The summed E-state index contributed by atoms with van der Waals surface area (Å²) in [6.45, 7) is 5.47. The number of halogens is 3. The van der Waals surface area contributed by atoms with Crippen molar-refractivity contribution in [2.45, 2.75) is 46.4 Å². The zero-order chi connectivity index (χ0) is 18.9. The van der Waals surface area contributed by atoms with Crippen LogP contribution in [0.4, 0.5) is 8.78 Å². The van der Waals surface area contributed by atoms with E-state index in [1.54, 1.807) is 18.2 Å². The predicted molar refractivity (Wildman–Crippen MR) is 109 cm³/mol. The molecule has 0 unspecified atom stereocenters. The number of hydrogen-bond donors (Lipinski definition) is 3. The smallest absolute Gasteiger partial charge is 0.387 e. The van der Waals surface area contributed by atoms with Gasteiger partial charge in [0.1, 0.15) is 5.75 Å². The van der Waals surface area contributed by atoms with E-state index in [9.17, 15) is 13.6 Å². The Morgan fingerprint density at radius 3 is 2.46 bits per heavy atom. The van der Waals surface area contributed by atoms with Crippen molar-refractivity contribution in [2.75, 3.05) is 13.1 Å². The van der Waals surface area contributed by atoms with Crippen LogP contribution in [0.5, 0.6) is 5.75 Å². The Hall–Kier alpha value is -1.65. The average Bonchev–Trinajstić information content (AvgIpc) is 2.49. The molecule has 0 aliphatic carbocycles. The molecule has 0 saturated heterocycles. The van der Waals surface area contributed by atoms with Gasteiger partial charge in [0.05, 0.1) is 13.1 Å². The molecule has 1 aromatic rings. The van der Waals surface area contributed by atoms with Crippen molar-refractivity contribution in [3.8, 4) is 5.75 Å². The SMILES string of the molecule is CCNC(=NCc1ccccc1OC(F)F)NCC(=O)NC(C)(C)C.I. The second kappa shape index (κ2) is 11.9. The molecule has 0 aromatic heterocycles. The van der Waals surface area contributed by atoms with Gasteiger partial charge in [0.15, 0.2) is 5.96 Å². The van der Waals surface area contributed by atoms with Gasteiger partial charge in [-0.15, -0.1) is 24.0 Å². The lowest BCUT2D eigenvalue weighted by Gasteiger charge is -2.21. The molecule has 1 rings (SSSR count). The molecule has 3 N–H and O–H groups in total. The van der Waals surface area contributed by atoms with Crippen molar-refractivity contribution in [3.63, 3.8) is 0 Å². The third kappa shape index (κ3) is 10.4. The highest BCUT2D eigenvalue weighted by Crippen LogP contribution is 2.20. The van der Waals surface area contributed by atoms with Crippen molar-refractivity contribution >= 4 is 35.8 Å². The molecule has 0 spiro atoms. The zero-order valence-corrected chi connectivity index (χ0v) is 17.8. The molecule has 0 aliphatic heterocycles. The van der Waals surface area contributed by atoms with Crippen LogP contribution in [-0.4, -0.2) is 37.1 Å². The van der Waals surface area contributed by atoms with E-state index in [0.29, 0.717) is 18.1 Å². The lowest BCUT2D eigenvalue weighted by atomic mass is 10.1.